The van der Waals surface area contributed by atoms with E-state index in [0.717, 1.165) is 12.8 Å². The molecule has 4 heterocycles. The van der Waals surface area contributed by atoms with Gasteiger partial charge in [-0.3, -0.25) is 4.79 Å². The third-order valence-electron chi connectivity index (χ3n) is 5.92. The number of piperidine rings is 1. The normalized spacial score (nSPS) is 26.0. The summed E-state index contributed by atoms with van der Waals surface area (Å²) in [6.45, 7) is 0. The molecule has 3 aromatic rings. The minimum atomic E-state index is -1.07. The molecule has 0 amide bonds. The monoisotopic (exact) mass is 396 g/mol. The maximum Gasteiger partial charge on any atom is 0.258 e. The highest BCUT2D eigenvalue weighted by atomic mass is 19.1. The van der Waals surface area contributed by atoms with Gasteiger partial charge in [0, 0.05) is 48.8 Å². The first kappa shape index (κ1) is 18.1. The molecule has 2 saturated heterocycles. The molecule has 2 bridgehead atoms. The lowest BCUT2D eigenvalue weighted by Crippen LogP contribution is -2.51. The number of phenols is 1. The van der Waals surface area contributed by atoms with E-state index in [-0.39, 0.29) is 23.2 Å². The highest BCUT2D eigenvalue weighted by Gasteiger charge is 2.43. The number of nitrogens with one attached hydrogen (secondary N) is 1. The summed E-state index contributed by atoms with van der Waals surface area (Å²) < 4.78 is 21.8. The Balaban J connectivity index is 1.42. The van der Waals surface area contributed by atoms with E-state index in [1.165, 1.54) is 10.6 Å². The van der Waals surface area contributed by atoms with Crippen LogP contribution in [0.1, 0.15) is 19.3 Å². The second-order valence-corrected chi connectivity index (χ2v) is 7.83. The van der Waals surface area contributed by atoms with Crippen LogP contribution in [0, 0.1) is 0 Å². The molecule has 2 N–H and O–H groups in total. The number of aryl methyl sites for hydroxylation is 1. The van der Waals surface area contributed by atoms with E-state index in [9.17, 15) is 14.3 Å². The Hall–Kier alpha value is -3.00. The van der Waals surface area contributed by atoms with Crippen LogP contribution >= 0.6 is 0 Å². The third-order valence-corrected chi connectivity index (χ3v) is 5.92. The summed E-state index contributed by atoms with van der Waals surface area (Å²) in [6, 6.07) is 8.33. The summed E-state index contributed by atoms with van der Waals surface area (Å²) in [7, 11) is 1.67. The van der Waals surface area contributed by atoms with E-state index >= 15 is 0 Å². The van der Waals surface area contributed by atoms with Crippen molar-refractivity contribution in [2.24, 2.45) is 7.05 Å². The summed E-state index contributed by atoms with van der Waals surface area (Å²) in [5, 5.41) is 23.0. The van der Waals surface area contributed by atoms with Crippen LogP contribution in [0.3, 0.4) is 0 Å². The number of benzene rings is 1. The lowest BCUT2D eigenvalue weighted by Gasteiger charge is -2.32. The number of aromatic nitrogens is 3. The zero-order chi connectivity index (χ0) is 20.1. The minimum Gasteiger partial charge on any atom is -0.507 e. The van der Waals surface area contributed by atoms with Gasteiger partial charge >= 0.3 is 0 Å². The quantitative estimate of drug-likeness (QED) is 0.706. The predicted octanol–water partition coefficient (Wildman–Crippen LogP) is 2.31. The Kier molecular flexibility index (Phi) is 4.24. The zero-order valence-corrected chi connectivity index (χ0v) is 15.9. The molecule has 2 aliphatic rings. The molecular weight excluding hydrogens is 375 g/mol. The van der Waals surface area contributed by atoms with Gasteiger partial charge < -0.3 is 19.7 Å². The van der Waals surface area contributed by atoms with Crippen LogP contribution in [0.4, 0.5) is 4.39 Å². The summed E-state index contributed by atoms with van der Waals surface area (Å²) in [5.74, 6) is 0.256. The number of hydrogen-bond acceptors (Lipinski definition) is 6. The molecule has 1 aromatic carbocycles. The number of aromatic hydroxyl groups is 1. The summed E-state index contributed by atoms with van der Waals surface area (Å²) in [6.07, 6.45) is 2.45. The largest absolute Gasteiger partial charge is 0.507 e. The van der Waals surface area contributed by atoms with E-state index in [4.69, 9.17) is 4.74 Å². The number of hydrogen-bond donors (Lipinski definition) is 2. The zero-order valence-electron chi connectivity index (χ0n) is 15.9. The lowest BCUT2D eigenvalue weighted by molar-refractivity contribution is 0.0422. The molecule has 0 radical (unpaired) electrons. The molecule has 2 unspecified atom stereocenters. The van der Waals surface area contributed by atoms with Crippen LogP contribution in [0.25, 0.3) is 22.0 Å². The Bertz CT molecular complexity index is 1130. The molecule has 0 saturated carbocycles. The summed E-state index contributed by atoms with van der Waals surface area (Å²) in [5.41, 5.74) is 0.652. The van der Waals surface area contributed by atoms with Crippen LogP contribution in [-0.4, -0.2) is 44.2 Å². The maximum atomic E-state index is 14.5. The molecule has 150 valence electrons. The summed E-state index contributed by atoms with van der Waals surface area (Å²) >= 11 is 0. The van der Waals surface area contributed by atoms with E-state index < -0.39 is 12.3 Å². The number of rotatable bonds is 3. The molecule has 5 rings (SSSR count). The maximum absolute atomic E-state index is 14.5. The van der Waals surface area contributed by atoms with E-state index in [0.29, 0.717) is 34.5 Å². The SMILES string of the molecule is Cn1ccc2cc(O)c(-c3ccc(O[C@H]4CC5CCC(N5)[C@H]4F)nn3)cc2c1=O. The molecule has 4 atom stereocenters. The fraction of sp³-hybridized carbons (Fsp3) is 0.381. The van der Waals surface area contributed by atoms with Crippen molar-refractivity contribution >= 4 is 10.8 Å². The number of alkyl halides is 1. The van der Waals surface area contributed by atoms with E-state index in [1.54, 1.807) is 37.5 Å². The molecule has 2 aliphatic heterocycles. The first-order valence-corrected chi connectivity index (χ1v) is 9.73. The van der Waals surface area contributed by atoms with Crippen molar-refractivity contribution in [1.82, 2.24) is 20.1 Å². The van der Waals surface area contributed by atoms with Crippen molar-refractivity contribution in [1.29, 1.82) is 0 Å². The van der Waals surface area contributed by atoms with Gasteiger partial charge in [0.05, 0.1) is 5.69 Å². The van der Waals surface area contributed by atoms with Crippen LogP contribution in [0.15, 0.2) is 41.3 Å². The molecule has 0 spiro atoms. The predicted molar refractivity (Wildman–Crippen MR) is 106 cm³/mol. The fourth-order valence-corrected chi connectivity index (χ4v) is 4.33. The average molecular weight is 396 g/mol. The number of pyridine rings is 1. The van der Waals surface area contributed by atoms with Gasteiger partial charge in [-0.2, -0.15) is 0 Å². The highest BCUT2D eigenvalue weighted by Crippen LogP contribution is 2.33. The Morgan fingerprint density at radius 1 is 1.24 bits per heavy atom. The standard InChI is InChI=1S/C21H21FN4O3/c1-26-7-6-11-8-17(27)14(10-13(11)21(26)28)15-4-5-19(25-24-15)29-18-9-12-2-3-16(23-12)20(18)22/h4-8,10,12,16,18,20,23,27H,2-3,9H2,1H3/t12?,16?,18-,20+/m0/s1. The van der Waals surface area contributed by atoms with Crippen LogP contribution in [-0.2, 0) is 7.05 Å². The number of halogens is 1. The Labute approximate surface area is 166 Å². The third kappa shape index (κ3) is 3.13. The molecule has 0 aliphatic carbocycles. The molecule has 7 nitrogen and oxygen atoms in total. The number of nitrogens with zero attached hydrogens (tertiary/aromatic N) is 3. The molecular formula is C21H21FN4O3. The number of phenolic OH excluding ortho intramolecular Hbond substituents is 1. The Morgan fingerprint density at radius 3 is 2.90 bits per heavy atom. The van der Waals surface area contributed by atoms with E-state index in [2.05, 4.69) is 15.5 Å². The van der Waals surface area contributed by atoms with Crippen molar-refractivity contribution < 1.29 is 14.2 Å². The average Bonchev–Trinajstić information content (AvgIpc) is 3.13. The van der Waals surface area contributed by atoms with Crippen LogP contribution in [0.5, 0.6) is 11.6 Å². The highest BCUT2D eigenvalue weighted by molar-refractivity contribution is 5.89. The second-order valence-electron chi connectivity index (χ2n) is 7.83. The smallest absolute Gasteiger partial charge is 0.258 e. The van der Waals surface area contributed by atoms with Crippen molar-refractivity contribution in [3.05, 3.63) is 46.9 Å². The fourth-order valence-electron chi connectivity index (χ4n) is 4.33. The second kappa shape index (κ2) is 6.81. The van der Waals surface area contributed by atoms with Crippen molar-refractivity contribution in [2.45, 2.75) is 43.6 Å². The van der Waals surface area contributed by atoms with Gasteiger partial charge in [0.2, 0.25) is 5.88 Å². The van der Waals surface area contributed by atoms with Crippen LogP contribution in [0.2, 0.25) is 0 Å². The minimum absolute atomic E-state index is 0.00692. The van der Waals surface area contributed by atoms with Crippen molar-refractivity contribution in [2.75, 3.05) is 0 Å². The van der Waals surface area contributed by atoms with Crippen molar-refractivity contribution in [3.63, 3.8) is 0 Å². The van der Waals surface area contributed by atoms with E-state index in [1.807, 2.05) is 0 Å². The van der Waals surface area contributed by atoms with Gasteiger partial charge in [0.25, 0.3) is 5.56 Å². The Morgan fingerprint density at radius 2 is 2.10 bits per heavy atom. The van der Waals surface area contributed by atoms with Gasteiger partial charge in [-0.1, -0.05) is 0 Å². The van der Waals surface area contributed by atoms with Crippen molar-refractivity contribution in [3.8, 4) is 22.9 Å². The van der Waals surface area contributed by atoms with Crippen LogP contribution < -0.4 is 15.6 Å². The van der Waals surface area contributed by atoms with Gasteiger partial charge in [-0.25, -0.2) is 4.39 Å². The van der Waals surface area contributed by atoms with Gasteiger partial charge in [0.15, 0.2) is 6.17 Å². The topological polar surface area (TPSA) is 89.3 Å². The van der Waals surface area contributed by atoms with Gasteiger partial charge in [-0.15, -0.1) is 10.2 Å². The molecule has 2 aromatic heterocycles. The number of fused-ring (bicyclic) bond motifs is 3. The molecule has 8 heteroatoms. The lowest BCUT2D eigenvalue weighted by atomic mass is 10.0. The summed E-state index contributed by atoms with van der Waals surface area (Å²) in [4.78, 5) is 12.4. The van der Waals surface area contributed by atoms with Gasteiger partial charge in [0.1, 0.15) is 11.9 Å². The van der Waals surface area contributed by atoms with Gasteiger partial charge in [-0.05, 0) is 42.5 Å². The first-order chi connectivity index (χ1) is 14.0. The first-order valence-electron chi connectivity index (χ1n) is 9.73. The molecule has 29 heavy (non-hydrogen) atoms. The number of ether oxygens (including phenoxy) is 1. The molecule has 2 fully saturated rings.